The second-order valence-corrected chi connectivity index (χ2v) is 8.23. The van der Waals surface area contributed by atoms with Crippen molar-refractivity contribution in [2.75, 3.05) is 42.3 Å². The predicted molar refractivity (Wildman–Crippen MR) is 101 cm³/mol. The second kappa shape index (κ2) is 7.88. The zero-order valence-electron chi connectivity index (χ0n) is 14.6. The van der Waals surface area contributed by atoms with Gasteiger partial charge in [-0.05, 0) is 31.2 Å². The summed E-state index contributed by atoms with van der Waals surface area (Å²) in [5.41, 5.74) is 2.45. The van der Waals surface area contributed by atoms with Crippen LogP contribution in [0.2, 0.25) is 0 Å². The van der Waals surface area contributed by atoms with Crippen LogP contribution in [0.3, 0.4) is 0 Å². The van der Waals surface area contributed by atoms with Gasteiger partial charge in [0.05, 0.1) is 29.5 Å². The summed E-state index contributed by atoms with van der Waals surface area (Å²) >= 11 is 0. The third-order valence-corrected chi connectivity index (χ3v) is 5.86. The van der Waals surface area contributed by atoms with E-state index in [0.717, 1.165) is 24.3 Å². The minimum atomic E-state index is -3.68. The molecule has 1 fully saturated rings. The third kappa shape index (κ3) is 4.42. The maximum Gasteiger partial charge on any atom is 0.240 e. The van der Waals surface area contributed by atoms with Crippen molar-refractivity contribution >= 4 is 27.1 Å². The van der Waals surface area contributed by atoms with Gasteiger partial charge in [-0.3, -0.25) is 4.79 Å². The third-order valence-electron chi connectivity index (χ3n) is 4.23. The van der Waals surface area contributed by atoms with Crippen molar-refractivity contribution < 1.29 is 17.9 Å². The Kier molecular flexibility index (Phi) is 5.58. The van der Waals surface area contributed by atoms with Crippen LogP contribution in [0.25, 0.3) is 0 Å². The summed E-state index contributed by atoms with van der Waals surface area (Å²) in [5, 5.41) is 2.74. The molecule has 6 nitrogen and oxygen atoms in total. The minimum absolute atomic E-state index is 0.153. The topological polar surface area (TPSA) is 75.7 Å². The Labute approximate surface area is 153 Å². The molecule has 138 valence electrons. The van der Waals surface area contributed by atoms with Gasteiger partial charge in [0.1, 0.15) is 5.75 Å². The molecule has 1 aliphatic rings. The van der Waals surface area contributed by atoms with E-state index >= 15 is 0 Å². The number of aryl methyl sites for hydroxylation is 1. The number of morpholine rings is 1. The van der Waals surface area contributed by atoms with Crippen LogP contribution < -0.4 is 10.2 Å². The number of hydrogen-bond acceptors (Lipinski definition) is 5. The van der Waals surface area contributed by atoms with Gasteiger partial charge in [-0.2, -0.15) is 0 Å². The van der Waals surface area contributed by atoms with E-state index in [1.54, 1.807) is 18.2 Å². The summed E-state index contributed by atoms with van der Waals surface area (Å²) in [6, 6.07) is 13.9. The van der Waals surface area contributed by atoms with Crippen molar-refractivity contribution in [3.63, 3.8) is 0 Å². The molecule has 0 atom stereocenters. The summed E-state index contributed by atoms with van der Waals surface area (Å²) in [6.07, 6.45) is 0. The zero-order chi connectivity index (χ0) is 18.6. The lowest BCUT2D eigenvalue weighted by molar-refractivity contribution is -0.113. The van der Waals surface area contributed by atoms with Crippen molar-refractivity contribution in [2.24, 2.45) is 0 Å². The van der Waals surface area contributed by atoms with Gasteiger partial charge in [-0.15, -0.1) is 0 Å². The maximum absolute atomic E-state index is 12.4. The van der Waals surface area contributed by atoms with Crippen molar-refractivity contribution in [1.29, 1.82) is 0 Å². The van der Waals surface area contributed by atoms with E-state index in [0.29, 0.717) is 18.9 Å². The number of ether oxygens (including phenoxy) is 1. The molecule has 0 radical (unpaired) electrons. The van der Waals surface area contributed by atoms with Crippen molar-refractivity contribution in [3.05, 3.63) is 54.1 Å². The van der Waals surface area contributed by atoms with Crippen LogP contribution in [0.5, 0.6) is 0 Å². The SMILES string of the molecule is Cc1ccc(S(=O)(=O)CC(=O)Nc2ccccc2N2CCOCC2)cc1. The zero-order valence-corrected chi connectivity index (χ0v) is 15.5. The fraction of sp³-hybridized carbons (Fsp3) is 0.316. The maximum atomic E-state index is 12.4. The molecular weight excluding hydrogens is 352 g/mol. The second-order valence-electron chi connectivity index (χ2n) is 6.24. The Morgan fingerprint density at radius 2 is 1.73 bits per heavy atom. The fourth-order valence-electron chi connectivity index (χ4n) is 2.85. The summed E-state index contributed by atoms with van der Waals surface area (Å²) in [7, 11) is -3.68. The van der Waals surface area contributed by atoms with Gasteiger partial charge in [-0.25, -0.2) is 8.42 Å². The normalized spacial score (nSPS) is 14.9. The number of amides is 1. The highest BCUT2D eigenvalue weighted by molar-refractivity contribution is 7.92. The van der Waals surface area contributed by atoms with E-state index in [-0.39, 0.29) is 4.90 Å². The van der Waals surface area contributed by atoms with Crippen LogP contribution in [0, 0.1) is 6.92 Å². The van der Waals surface area contributed by atoms with Crippen LogP contribution in [0.15, 0.2) is 53.4 Å². The summed E-state index contributed by atoms with van der Waals surface area (Å²) in [4.78, 5) is 14.6. The van der Waals surface area contributed by atoms with E-state index in [2.05, 4.69) is 10.2 Å². The minimum Gasteiger partial charge on any atom is -0.378 e. The Hall–Kier alpha value is -2.38. The van der Waals surface area contributed by atoms with Crippen molar-refractivity contribution in [2.45, 2.75) is 11.8 Å². The molecule has 0 spiro atoms. The Morgan fingerprint density at radius 1 is 1.08 bits per heavy atom. The largest absolute Gasteiger partial charge is 0.378 e. The Bertz CT molecular complexity index is 873. The van der Waals surface area contributed by atoms with E-state index in [4.69, 9.17) is 4.74 Å². The lowest BCUT2D eigenvalue weighted by atomic mass is 10.2. The van der Waals surface area contributed by atoms with Gasteiger partial charge >= 0.3 is 0 Å². The average molecular weight is 374 g/mol. The molecule has 0 aromatic heterocycles. The van der Waals surface area contributed by atoms with Gasteiger partial charge in [0.25, 0.3) is 0 Å². The number of anilines is 2. The summed E-state index contributed by atoms with van der Waals surface area (Å²) < 4.78 is 30.2. The van der Waals surface area contributed by atoms with Crippen LogP contribution >= 0.6 is 0 Å². The van der Waals surface area contributed by atoms with E-state index in [1.807, 2.05) is 25.1 Å². The van der Waals surface area contributed by atoms with Crippen LogP contribution in [0.1, 0.15) is 5.56 Å². The molecule has 1 aliphatic heterocycles. The first-order valence-corrected chi connectivity index (χ1v) is 10.1. The molecule has 0 aliphatic carbocycles. The molecule has 0 saturated carbocycles. The number of carbonyl (C=O) groups excluding carboxylic acids is 1. The number of benzene rings is 2. The first kappa shape index (κ1) is 18.4. The number of sulfone groups is 1. The highest BCUT2D eigenvalue weighted by Crippen LogP contribution is 2.26. The van der Waals surface area contributed by atoms with E-state index in [1.165, 1.54) is 12.1 Å². The predicted octanol–water partition coefficient (Wildman–Crippen LogP) is 2.24. The quantitative estimate of drug-likeness (QED) is 0.869. The Balaban J connectivity index is 1.73. The molecule has 0 unspecified atom stereocenters. The van der Waals surface area contributed by atoms with E-state index in [9.17, 15) is 13.2 Å². The first-order chi connectivity index (χ1) is 12.5. The molecule has 1 amide bonds. The molecule has 1 N–H and O–H groups in total. The molecule has 26 heavy (non-hydrogen) atoms. The van der Waals surface area contributed by atoms with Gasteiger partial charge in [0.15, 0.2) is 9.84 Å². The number of carbonyl (C=O) groups is 1. The lowest BCUT2D eigenvalue weighted by Gasteiger charge is -2.30. The molecular formula is C19H22N2O4S. The van der Waals surface area contributed by atoms with Crippen molar-refractivity contribution in [1.82, 2.24) is 0 Å². The number of para-hydroxylation sites is 2. The Morgan fingerprint density at radius 3 is 2.42 bits per heavy atom. The highest BCUT2D eigenvalue weighted by atomic mass is 32.2. The monoisotopic (exact) mass is 374 g/mol. The van der Waals surface area contributed by atoms with E-state index < -0.39 is 21.5 Å². The molecule has 0 bridgehead atoms. The number of hydrogen-bond donors (Lipinski definition) is 1. The summed E-state index contributed by atoms with van der Waals surface area (Å²) in [6.45, 7) is 4.60. The van der Waals surface area contributed by atoms with Gasteiger partial charge < -0.3 is 15.0 Å². The van der Waals surface area contributed by atoms with Gasteiger partial charge in [-0.1, -0.05) is 29.8 Å². The van der Waals surface area contributed by atoms with Gasteiger partial charge in [0, 0.05) is 13.1 Å². The van der Waals surface area contributed by atoms with Crippen LogP contribution in [-0.4, -0.2) is 46.4 Å². The van der Waals surface area contributed by atoms with Gasteiger partial charge in [0.2, 0.25) is 5.91 Å². The molecule has 2 aromatic rings. The standard InChI is InChI=1S/C19H22N2O4S/c1-15-6-8-16(9-7-15)26(23,24)14-19(22)20-17-4-2-3-5-18(17)21-10-12-25-13-11-21/h2-9H,10-14H2,1H3,(H,20,22). The molecule has 3 rings (SSSR count). The number of rotatable bonds is 5. The molecule has 1 heterocycles. The average Bonchev–Trinajstić information content (AvgIpc) is 2.63. The van der Waals surface area contributed by atoms with Crippen molar-refractivity contribution in [3.8, 4) is 0 Å². The van der Waals surface area contributed by atoms with Crippen LogP contribution in [0.4, 0.5) is 11.4 Å². The molecule has 2 aromatic carbocycles. The smallest absolute Gasteiger partial charge is 0.240 e. The lowest BCUT2D eigenvalue weighted by Crippen LogP contribution is -2.37. The number of nitrogens with one attached hydrogen (secondary N) is 1. The fourth-order valence-corrected chi connectivity index (χ4v) is 3.98. The first-order valence-electron chi connectivity index (χ1n) is 8.47. The molecule has 1 saturated heterocycles. The summed E-state index contributed by atoms with van der Waals surface area (Å²) in [5.74, 6) is -1.14. The van der Waals surface area contributed by atoms with Crippen LogP contribution in [-0.2, 0) is 19.4 Å². The molecule has 7 heteroatoms. The number of nitrogens with zero attached hydrogens (tertiary/aromatic N) is 1. The highest BCUT2D eigenvalue weighted by Gasteiger charge is 2.21.